The van der Waals surface area contributed by atoms with Crippen LogP contribution in [0.2, 0.25) is 0 Å². The largest absolute Gasteiger partial charge is 0.416 e. The van der Waals surface area contributed by atoms with Gasteiger partial charge < -0.3 is 5.32 Å². The van der Waals surface area contributed by atoms with Gasteiger partial charge in [0.05, 0.1) is 17.0 Å². The molecule has 1 N–H and O–H groups in total. The van der Waals surface area contributed by atoms with Crippen LogP contribution in [-0.2, 0) is 6.18 Å². The van der Waals surface area contributed by atoms with Gasteiger partial charge in [0, 0.05) is 19.4 Å². The quantitative estimate of drug-likeness (QED) is 0.786. The van der Waals surface area contributed by atoms with Crippen LogP contribution in [0, 0.1) is 0 Å². The van der Waals surface area contributed by atoms with Gasteiger partial charge in [0.25, 0.3) is 0 Å². The number of hydrogen-bond acceptors (Lipinski definition) is 3. The van der Waals surface area contributed by atoms with Gasteiger partial charge in [-0.15, -0.1) is 0 Å². The lowest BCUT2D eigenvalue weighted by atomic mass is 10.1. The molecule has 0 aliphatic heterocycles. The third-order valence-electron chi connectivity index (χ3n) is 3.10. The predicted octanol–water partition coefficient (Wildman–Crippen LogP) is 3.46. The summed E-state index contributed by atoms with van der Waals surface area (Å²) in [6.45, 7) is 0. The van der Waals surface area contributed by atoms with E-state index in [1.54, 1.807) is 35.0 Å². The Balaban J connectivity index is 2.24. The molecule has 0 aromatic carbocycles. The van der Waals surface area contributed by atoms with Crippen LogP contribution in [0.25, 0.3) is 17.0 Å². The molecule has 3 aromatic rings. The van der Waals surface area contributed by atoms with Crippen molar-refractivity contribution >= 4 is 11.5 Å². The first kappa shape index (κ1) is 13.4. The molecule has 0 aliphatic rings. The Morgan fingerprint density at radius 2 is 2.00 bits per heavy atom. The summed E-state index contributed by atoms with van der Waals surface area (Å²) in [5.74, 6) is 0.164. The maximum absolute atomic E-state index is 13.0. The smallest absolute Gasteiger partial charge is 0.373 e. The van der Waals surface area contributed by atoms with E-state index in [-0.39, 0.29) is 11.5 Å². The molecule has 4 nitrogen and oxygen atoms in total. The molecule has 3 rings (SSSR count). The first-order valence-corrected chi connectivity index (χ1v) is 6.18. The van der Waals surface area contributed by atoms with Crippen LogP contribution in [0.1, 0.15) is 5.56 Å². The van der Waals surface area contributed by atoms with Gasteiger partial charge in [-0.1, -0.05) is 6.07 Å². The van der Waals surface area contributed by atoms with Crippen molar-refractivity contribution in [2.75, 3.05) is 12.4 Å². The number of anilines is 1. The van der Waals surface area contributed by atoms with Crippen molar-refractivity contribution in [3.8, 4) is 11.4 Å². The Morgan fingerprint density at radius 3 is 2.71 bits per heavy atom. The number of hydrogen-bond donors (Lipinski definition) is 1. The van der Waals surface area contributed by atoms with E-state index < -0.39 is 11.7 Å². The summed E-state index contributed by atoms with van der Waals surface area (Å²) in [5.41, 5.74) is 0.692. The van der Waals surface area contributed by atoms with Crippen LogP contribution in [0.5, 0.6) is 0 Å². The van der Waals surface area contributed by atoms with E-state index in [0.29, 0.717) is 11.3 Å². The minimum atomic E-state index is -4.42. The first-order valence-electron chi connectivity index (χ1n) is 6.18. The summed E-state index contributed by atoms with van der Waals surface area (Å²) in [6, 6.07) is 7.23. The van der Waals surface area contributed by atoms with E-state index in [1.165, 1.54) is 7.05 Å². The third-order valence-corrected chi connectivity index (χ3v) is 3.10. The molecule has 3 aromatic heterocycles. The zero-order valence-electron chi connectivity index (χ0n) is 11.0. The monoisotopic (exact) mass is 292 g/mol. The number of nitrogens with one attached hydrogen (secondary N) is 1. The number of rotatable bonds is 2. The van der Waals surface area contributed by atoms with Gasteiger partial charge >= 0.3 is 6.18 Å². The average Bonchev–Trinajstić information content (AvgIpc) is 2.94. The molecule has 0 aliphatic carbocycles. The molecule has 0 fully saturated rings. The number of pyridine rings is 2. The molecule has 0 bridgehead atoms. The van der Waals surface area contributed by atoms with Crippen LogP contribution in [0.15, 0.2) is 42.7 Å². The fourth-order valence-corrected chi connectivity index (χ4v) is 2.11. The van der Waals surface area contributed by atoms with Gasteiger partial charge in [-0.3, -0.25) is 4.40 Å². The maximum atomic E-state index is 13.0. The molecule has 108 valence electrons. The molecule has 21 heavy (non-hydrogen) atoms. The fraction of sp³-hybridized carbons (Fsp3) is 0.143. The first-order chi connectivity index (χ1) is 9.99. The minimum Gasteiger partial charge on any atom is -0.373 e. The Kier molecular flexibility index (Phi) is 3.04. The maximum Gasteiger partial charge on any atom is 0.416 e. The van der Waals surface area contributed by atoms with Crippen LogP contribution in [0.4, 0.5) is 19.0 Å². The number of imidazole rings is 1. The summed E-state index contributed by atoms with van der Waals surface area (Å²) in [4.78, 5) is 8.32. The number of halogens is 3. The molecule has 0 unspecified atom stereocenters. The van der Waals surface area contributed by atoms with Gasteiger partial charge in [0.1, 0.15) is 11.5 Å². The van der Waals surface area contributed by atoms with Crippen molar-refractivity contribution in [1.29, 1.82) is 0 Å². The van der Waals surface area contributed by atoms with Crippen LogP contribution < -0.4 is 5.32 Å². The van der Waals surface area contributed by atoms with Gasteiger partial charge in [0.2, 0.25) is 0 Å². The van der Waals surface area contributed by atoms with E-state index >= 15 is 0 Å². The second kappa shape index (κ2) is 4.76. The molecule has 0 saturated heterocycles. The highest BCUT2D eigenvalue weighted by Gasteiger charge is 2.31. The zero-order chi connectivity index (χ0) is 15.0. The van der Waals surface area contributed by atoms with Gasteiger partial charge in [-0.25, -0.2) is 9.97 Å². The topological polar surface area (TPSA) is 42.2 Å². The van der Waals surface area contributed by atoms with Crippen molar-refractivity contribution in [3.63, 3.8) is 0 Å². The van der Waals surface area contributed by atoms with Gasteiger partial charge in [0.15, 0.2) is 0 Å². The third kappa shape index (κ3) is 2.42. The van der Waals surface area contributed by atoms with Crippen molar-refractivity contribution < 1.29 is 13.2 Å². The lowest BCUT2D eigenvalue weighted by Gasteiger charge is -2.12. The van der Waals surface area contributed by atoms with Crippen molar-refractivity contribution in [3.05, 3.63) is 48.3 Å². The summed E-state index contributed by atoms with van der Waals surface area (Å²) in [5, 5.41) is 2.66. The Hall–Kier alpha value is -2.57. The minimum absolute atomic E-state index is 0.164. The average molecular weight is 292 g/mol. The van der Waals surface area contributed by atoms with Gasteiger partial charge in [-0.2, -0.15) is 13.2 Å². The molecule has 7 heteroatoms. The molecular formula is C14H11F3N4. The molecule has 0 spiro atoms. The fourth-order valence-electron chi connectivity index (χ4n) is 2.11. The zero-order valence-corrected chi connectivity index (χ0v) is 11.0. The Labute approximate surface area is 118 Å². The van der Waals surface area contributed by atoms with Crippen molar-refractivity contribution in [2.24, 2.45) is 0 Å². The summed E-state index contributed by atoms with van der Waals surface area (Å²) in [6.07, 6.45) is -1.15. The summed E-state index contributed by atoms with van der Waals surface area (Å²) < 4.78 is 40.6. The molecule has 0 atom stereocenters. The normalized spacial score (nSPS) is 11.8. The standard InChI is InChI=1S/C14H11F3N4/c1-18-12-8-9(14(15,16)17)7-10(20-12)11-3-2-4-13-19-5-6-21(11)13/h2-8H,1H3,(H,18,20). The highest BCUT2D eigenvalue weighted by atomic mass is 19.4. The summed E-state index contributed by atoms with van der Waals surface area (Å²) in [7, 11) is 1.53. The second-order valence-corrected chi connectivity index (χ2v) is 4.44. The van der Waals surface area contributed by atoms with Crippen molar-refractivity contribution in [1.82, 2.24) is 14.4 Å². The SMILES string of the molecule is CNc1cc(C(F)(F)F)cc(-c2cccc3nccn23)n1. The predicted molar refractivity (Wildman–Crippen MR) is 73.0 cm³/mol. The van der Waals surface area contributed by atoms with E-state index in [2.05, 4.69) is 15.3 Å². The Bertz CT molecular complexity index is 792. The lowest BCUT2D eigenvalue weighted by molar-refractivity contribution is -0.137. The molecular weight excluding hydrogens is 281 g/mol. The van der Waals surface area contributed by atoms with E-state index in [4.69, 9.17) is 0 Å². The lowest BCUT2D eigenvalue weighted by Crippen LogP contribution is -2.08. The number of nitrogens with zero attached hydrogens (tertiary/aromatic N) is 3. The van der Waals surface area contributed by atoms with Crippen molar-refractivity contribution in [2.45, 2.75) is 6.18 Å². The van der Waals surface area contributed by atoms with Crippen LogP contribution in [0.3, 0.4) is 0 Å². The number of alkyl halides is 3. The van der Waals surface area contributed by atoms with E-state index in [0.717, 1.165) is 12.1 Å². The number of aromatic nitrogens is 3. The second-order valence-electron chi connectivity index (χ2n) is 4.44. The molecule has 0 amide bonds. The van der Waals surface area contributed by atoms with E-state index in [9.17, 15) is 13.2 Å². The van der Waals surface area contributed by atoms with Gasteiger partial charge in [-0.05, 0) is 24.3 Å². The molecule has 0 radical (unpaired) electrons. The highest BCUT2D eigenvalue weighted by Crippen LogP contribution is 2.33. The van der Waals surface area contributed by atoms with Crippen LogP contribution >= 0.6 is 0 Å². The number of fused-ring (bicyclic) bond motifs is 1. The van der Waals surface area contributed by atoms with E-state index in [1.807, 2.05) is 0 Å². The van der Waals surface area contributed by atoms with Crippen LogP contribution in [-0.4, -0.2) is 21.4 Å². The summed E-state index contributed by atoms with van der Waals surface area (Å²) >= 11 is 0. The molecule has 0 saturated carbocycles. The highest BCUT2D eigenvalue weighted by molar-refractivity contribution is 5.63. The molecule has 3 heterocycles. The Morgan fingerprint density at radius 1 is 1.19 bits per heavy atom.